The fourth-order valence-electron chi connectivity index (χ4n) is 2.33. The van der Waals surface area contributed by atoms with E-state index in [1.54, 1.807) is 12.1 Å². The molecule has 0 radical (unpaired) electrons. The lowest BCUT2D eigenvalue weighted by Gasteiger charge is -2.30. The summed E-state index contributed by atoms with van der Waals surface area (Å²) in [5.41, 5.74) is 7.77. The molecule has 1 aliphatic rings. The number of anilines is 1. The van der Waals surface area contributed by atoms with Crippen LogP contribution in [0, 0.1) is 5.92 Å². The highest BCUT2D eigenvalue weighted by Crippen LogP contribution is 2.21. The van der Waals surface area contributed by atoms with Gasteiger partial charge in [-0.1, -0.05) is 13.0 Å². The van der Waals surface area contributed by atoms with Gasteiger partial charge < -0.3 is 10.8 Å². The van der Waals surface area contributed by atoms with Gasteiger partial charge in [-0.15, -0.1) is 0 Å². The Morgan fingerprint density at radius 2 is 2.11 bits per heavy atom. The Balaban J connectivity index is 2.03. The molecule has 1 saturated heterocycles. The van der Waals surface area contributed by atoms with Crippen molar-refractivity contribution in [3.05, 3.63) is 29.3 Å². The molecule has 98 valence electrons. The van der Waals surface area contributed by atoms with Crippen molar-refractivity contribution in [3.63, 3.8) is 0 Å². The normalized spacial score (nSPS) is 17.8. The van der Waals surface area contributed by atoms with Crippen LogP contribution in [0.15, 0.2) is 18.2 Å². The number of nitrogen functional groups attached to an aromatic ring is 1. The van der Waals surface area contributed by atoms with E-state index in [-0.39, 0.29) is 5.56 Å². The first-order valence-corrected chi connectivity index (χ1v) is 6.40. The zero-order valence-electron chi connectivity index (χ0n) is 10.7. The van der Waals surface area contributed by atoms with E-state index in [1.165, 1.54) is 12.8 Å². The Bertz CT molecular complexity index is 437. The summed E-state index contributed by atoms with van der Waals surface area (Å²) < 4.78 is 0. The van der Waals surface area contributed by atoms with E-state index in [2.05, 4.69) is 11.8 Å². The molecule has 0 bridgehead atoms. The van der Waals surface area contributed by atoms with Gasteiger partial charge in [0.2, 0.25) is 0 Å². The van der Waals surface area contributed by atoms with E-state index in [4.69, 9.17) is 10.8 Å². The first kappa shape index (κ1) is 12.9. The molecule has 0 aliphatic carbocycles. The number of likely N-dealkylation sites (tertiary alicyclic amines) is 1. The smallest absolute Gasteiger partial charge is 0.335 e. The first-order valence-electron chi connectivity index (χ1n) is 6.40. The summed E-state index contributed by atoms with van der Waals surface area (Å²) in [7, 11) is 0. The van der Waals surface area contributed by atoms with Gasteiger partial charge in [0.1, 0.15) is 0 Å². The van der Waals surface area contributed by atoms with E-state index >= 15 is 0 Å². The minimum atomic E-state index is -0.931. The quantitative estimate of drug-likeness (QED) is 0.805. The van der Waals surface area contributed by atoms with E-state index < -0.39 is 5.97 Å². The van der Waals surface area contributed by atoms with Crippen LogP contribution < -0.4 is 5.73 Å². The van der Waals surface area contributed by atoms with Crippen LogP contribution in [0.1, 0.15) is 35.7 Å². The minimum absolute atomic E-state index is 0.253. The third-order valence-electron chi connectivity index (χ3n) is 3.66. The molecular formula is C14H20N2O2. The maximum absolute atomic E-state index is 10.8. The van der Waals surface area contributed by atoms with Crippen molar-refractivity contribution in [2.45, 2.75) is 26.3 Å². The van der Waals surface area contributed by atoms with E-state index in [1.807, 2.05) is 6.07 Å². The predicted octanol–water partition coefficient (Wildman–Crippen LogP) is 2.20. The van der Waals surface area contributed by atoms with E-state index in [9.17, 15) is 4.79 Å². The molecule has 3 N–H and O–H groups in total. The monoisotopic (exact) mass is 248 g/mol. The summed E-state index contributed by atoms with van der Waals surface area (Å²) in [4.78, 5) is 13.2. The van der Waals surface area contributed by atoms with Gasteiger partial charge in [0.05, 0.1) is 5.56 Å². The second kappa shape index (κ2) is 5.40. The van der Waals surface area contributed by atoms with Crippen molar-refractivity contribution in [1.82, 2.24) is 4.90 Å². The standard InChI is InChI=1S/C14H20N2O2/c1-10-4-6-16(7-5-10)9-12-3-2-11(14(17)18)8-13(12)15/h2-3,8,10H,4-7,9,15H2,1H3,(H,17,18). The highest BCUT2D eigenvalue weighted by molar-refractivity contribution is 5.88. The first-order chi connectivity index (χ1) is 8.56. The molecule has 2 rings (SSSR count). The molecule has 1 aromatic rings. The molecule has 1 aliphatic heterocycles. The summed E-state index contributed by atoms with van der Waals surface area (Å²) >= 11 is 0. The SMILES string of the molecule is CC1CCN(Cc2ccc(C(=O)O)cc2N)CC1. The maximum atomic E-state index is 10.8. The van der Waals surface area contributed by atoms with Crippen LogP contribution in [0.25, 0.3) is 0 Å². The molecule has 1 aromatic carbocycles. The number of carboxylic acid groups (broad SMARTS) is 1. The van der Waals surface area contributed by atoms with Gasteiger partial charge in [-0.05, 0) is 49.5 Å². The van der Waals surface area contributed by atoms with Crippen LogP contribution in [0.3, 0.4) is 0 Å². The Morgan fingerprint density at radius 3 is 2.67 bits per heavy atom. The number of nitrogens with two attached hydrogens (primary N) is 1. The average Bonchev–Trinajstić information content (AvgIpc) is 2.34. The topological polar surface area (TPSA) is 66.6 Å². The lowest BCUT2D eigenvalue weighted by atomic mass is 9.98. The number of benzene rings is 1. The van der Waals surface area contributed by atoms with Gasteiger partial charge in [0.15, 0.2) is 0 Å². The minimum Gasteiger partial charge on any atom is -0.478 e. The summed E-state index contributed by atoms with van der Waals surface area (Å²) in [6, 6.07) is 5.00. The number of piperidine rings is 1. The molecular weight excluding hydrogens is 228 g/mol. The van der Waals surface area contributed by atoms with Gasteiger partial charge in [0, 0.05) is 12.2 Å². The molecule has 0 spiro atoms. The average molecular weight is 248 g/mol. The second-order valence-electron chi connectivity index (χ2n) is 5.18. The zero-order valence-corrected chi connectivity index (χ0v) is 10.7. The van der Waals surface area contributed by atoms with E-state index in [0.717, 1.165) is 31.1 Å². The summed E-state index contributed by atoms with van der Waals surface area (Å²) in [6.45, 7) is 5.30. The highest BCUT2D eigenvalue weighted by Gasteiger charge is 2.16. The number of rotatable bonds is 3. The Hall–Kier alpha value is -1.55. The number of carbonyl (C=O) groups is 1. The fourth-order valence-corrected chi connectivity index (χ4v) is 2.33. The molecule has 4 nitrogen and oxygen atoms in total. The van der Waals surface area contributed by atoms with Gasteiger partial charge in [0.25, 0.3) is 0 Å². The fraction of sp³-hybridized carbons (Fsp3) is 0.500. The van der Waals surface area contributed by atoms with Crippen molar-refractivity contribution in [1.29, 1.82) is 0 Å². The molecule has 1 fully saturated rings. The molecule has 0 aromatic heterocycles. The molecule has 1 heterocycles. The van der Waals surface area contributed by atoms with Crippen LogP contribution in [-0.2, 0) is 6.54 Å². The summed E-state index contributed by atoms with van der Waals surface area (Å²) in [5.74, 6) is -0.118. The van der Waals surface area contributed by atoms with Gasteiger partial charge >= 0.3 is 5.97 Å². The summed E-state index contributed by atoms with van der Waals surface area (Å²) in [5, 5.41) is 8.88. The number of hydrogen-bond acceptors (Lipinski definition) is 3. The molecule has 18 heavy (non-hydrogen) atoms. The van der Waals surface area contributed by atoms with Gasteiger partial charge in [-0.25, -0.2) is 4.79 Å². The van der Waals surface area contributed by atoms with Crippen molar-refractivity contribution in [3.8, 4) is 0 Å². The third-order valence-corrected chi connectivity index (χ3v) is 3.66. The number of hydrogen-bond donors (Lipinski definition) is 2. The van der Waals surface area contributed by atoms with Crippen molar-refractivity contribution >= 4 is 11.7 Å². The largest absolute Gasteiger partial charge is 0.478 e. The summed E-state index contributed by atoms with van der Waals surface area (Å²) in [6.07, 6.45) is 2.46. The highest BCUT2D eigenvalue weighted by atomic mass is 16.4. The number of carboxylic acids is 1. The Morgan fingerprint density at radius 1 is 1.44 bits per heavy atom. The molecule has 4 heteroatoms. The molecule has 0 saturated carbocycles. The number of aromatic carboxylic acids is 1. The second-order valence-corrected chi connectivity index (χ2v) is 5.18. The molecule has 0 unspecified atom stereocenters. The zero-order chi connectivity index (χ0) is 13.1. The maximum Gasteiger partial charge on any atom is 0.335 e. The van der Waals surface area contributed by atoms with Crippen LogP contribution in [0.4, 0.5) is 5.69 Å². The molecule has 0 amide bonds. The lowest BCUT2D eigenvalue weighted by molar-refractivity contribution is 0.0697. The Labute approximate surface area is 107 Å². The van der Waals surface area contributed by atoms with Crippen LogP contribution >= 0.6 is 0 Å². The third kappa shape index (κ3) is 3.01. The van der Waals surface area contributed by atoms with E-state index in [0.29, 0.717) is 5.69 Å². The Kier molecular flexibility index (Phi) is 3.87. The van der Waals surface area contributed by atoms with Crippen LogP contribution in [-0.4, -0.2) is 29.1 Å². The van der Waals surface area contributed by atoms with Crippen molar-refractivity contribution < 1.29 is 9.90 Å². The van der Waals surface area contributed by atoms with Crippen LogP contribution in [0.5, 0.6) is 0 Å². The molecule has 0 atom stereocenters. The number of nitrogens with zero attached hydrogens (tertiary/aromatic N) is 1. The van der Waals surface area contributed by atoms with Crippen molar-refractivity contribution in [2.24, 2.45) is 5.92 Å². The lowest BCUT2D eigenvalue weighted by Crippen LogP contribution is -2.32. The predicted molar refractivity (Wildman–Crippen MR) is 71.5 cm³/mol. The van der Waals surface area contributed by atoms with Crippen LogP contribution in [0.2, 0.25) is 0 Å². The van der Waals surface area contributed by atoms with Crippen molar-refractivity contribution in [2.75, 3.05) is 18.8 Å². The van der Waals surface area contributed by atoms with Gasteiger partial charge in [-0.2, -0.15) is 0 Å². The van der Waals surface area contributed by atoms with Gasteiger partial charge in [-0.3, -0.25) is 4.90 Å².